The lowest BCUT2D eigenvalue weighted by Gasteiger charge is -2.11. The molecule has 0 radical (unpaired) electrons. The van der Waals surface area contributed by atoms with Crippen molar-refractivity contribution in [2.75, 3.05) is 5.32 Å². The number of hydrogen-bond donors (Lipinski definition) is 2. The molecule has 0 atom stereocenters. The fourth-order valence-corrected chi connectivity index (χ4v) is 2.01. The monoisotopic (exact) mass is 272 g/mol. The predicted molar refractivity (Wildman–Crippen MR) is 78.2 cm³/mol. The first-order valence-corrected chi connectivity index (χ1v) is 6.36. The zero-order chi connectivity index (χ0) is 14.7. The molecule has 2 aromatic carbocycles. The molecule has 0 fully saturated rings. The Kier molecular flexibility index (Phi) is 4.03. The van der Waals surface area contributed by atoms with Crippen LogP contribution >= 0.6 is 0 Å². The number of nitrogens with two attached hydrogens (primary N) is 1. The highest BCUT2D eigenvalue weighted by atomic mass is 19.1. The number of nitrogens with one attached hydrogen (secondary N) is 1. The molecule has 0 unspecified atom stereocenters. The predicted octanol–water partition coefficient (Wildman–Crippen LogP) is 3.15. The van der Waals surface area contributed by atoms with Gasteiger partial charge in [-0.2, -0.15) is 0 Å². The van der Waals surface area contributed by atoms with Gasteiger partial charge in [0.25, 0.3) is 5.91 Å². The first-order chi connectivity index (χ1) is 9.47. The SMILES string of the molecule is Cc1ccc(C)c(CNc2ccc(F)c(C(N)=O)c2)c1. The van der Waals surface area contributed by atoms with Crippen LogP contribution in [-0.2, 0) is 6.54 Å². The Morgan fingerprint density at radius 2 is 1.95 bits per heavy atom. The summed E-state index contributed by atoms with van der Waals surface area (Å²) in [4.78, 5) is 11.1. The van der Waals surface area contributed by atoms with Gasteiger partial charge >= 0.3 is 0 Å². The van der Waals surface area contributed by atoms with Gasteiger partial charge in [0.1, 0.15) is 5.82 Å². The topological polar surface area (TPSA) is 55.1 Å². The Hall–Kier alpha value is -2.36. The number of hydrogen-bond acceptors (Lipinski definition) is 2. The molecule has 0 aromatic heterocycles. The second-order valence-corrected chi connectivity index (χ2v) is 4.84. The lowest BCUT2D eigenvalue weighted by molar-refractivity contribution is 0.0996. The van der Waals surface area contributed by atoms with E-state index < -0.39 is 11.7 Å². The number of amides is 1. The Morgan fingerprint density at radius 3 is 2.65 bits per heavy atom. The molecule has 4 heteroatoms. The maximum Gasteiger partial charge on any atom is 0.251 e. The Labute approximate surface area is 117 Å². The van der Waals surface area contributed by atoms with Crippen molar-refractivity contribution in [3.8, 4) is 0 Å². The third-order valence-electron chi connectivity index (χ3n) is 3.22. The summed E-state index contributed by atoms with van der Waals surface area (Å²) < 4.78 is 13.4. The fourth-order valence-electron chi connectivity index (χ4n) is 2.01. The Morgan fingerprint density at radius 1 is 1.20 bits per heavy atom. The van der Waals surface area contributed by atoms with E-state index in [0.717, 1.165) is 5.56 Å². The highest BCUT2D eigenvalue weighted by Crippen LogP contribution is 2.17. The molecule has 2 aromatic rings. The average Bonchev–Trinajstić information content (AvgIpc) is 2.41. The highest BCUT2D eigenvalue weighted by molar-refractivity contribution is 5.94. The molecule has 104 valence electrons. The van der Waals surface area contributed by atoms with Gasteiger partial charge in [-0.3, -0.25) is 4.79 Å². The van der Waals surface area contributed by atoms with Crippen molar-refractivity contribution in [2.45, 2.75) is 20.4 Å². The van der Waals surface area contributed by atoms with Crippen LogP contribution in [0.25, 0.3) is 0 Å². The molecule has 0 saturated carbocycles. The number of halogens is 1. The van der Waals surface area contributed by atoms with Crippen molar-refractivity contribution in [1.29, 1.82) is 0 Å². The molecular weight excluding hydrogens is 255 g/mol. The molecule has 20 heavy (non-hydrogen) atoms. The number of carbonyl (C=O) groups excluding carboxylic acids is 1. The minimum atomic E-state index is -0.766. The Balaban J connectivity index is 2.17. The number of rotatable bonds is 4. The normalized spacial score (nSPS) is 10.3. The second kappa shape index (κ2) is 5.74. The first-order valence-electron chi connectivity index (χ1n) is 6.36. The maximum atomic E-state index is 13.4. The summed E-state index contributed by atoms with van der Waals surface area (Å²) in [5.74, 6) is -1.37. The Bertz CT molecular complexity index is 653. The summed E-state index contributed by atoms with van der Waals surface area (Å²) in [5.41, 5.74) is 9.22. The minimum absolute atomic E-state index is 0.101. The van der Waals surface area contributed by atoms with Gasteiger partial charge < -0.3 is 11.1 Å². The highest BCUT2D eigenvalue weighted by Gasteiger charge is 2.09. The largest absolute Gasteiger partial charge is 0.381 e. The number of carbonyl (C=O) groups is 1. The molecule has 0 heterocycles. The standard InChI is InChI=1S/C16H17FN2O/c1-10-3-4-11(2)12(7-10)9-19-13-5-6-15(17)14(8-13)16(18)20/h3-8,19H,9H2,1-2H3,(H2,18,20). The van der Waals surface area contributed by atoms with Gasteiger partial charge in [0, 0.05) is 12.2 Å². The van der Waals surface area contributed by atoms with E-state index in [2.05, 4.69) is 23.5 Å². The van der Waals surface area contributed by atoms with Gasteiger partial charge in [0.05, 0.1) is 5.56 Å². The molecule has 0 spiro atoms. The number of benzene rings is 2. The van der Waals surface area contributed by atoms with E-state index in [9.17, 15) is 9.18 Å². The molecule has 0 saturated heterocycles. The summed E-state index contributed by atoms with van der Waals surface area (Å²) in [6.07, 6.45) is 0. The third kappa shape index (κ3) is 3.15. The molecule has 0 aliphatic rings. The molecule has 3 nitrogen and oxygen atoms in total. The molecule has 0 aliphatic heterocycles. The van der Waals surface area contributed by atoms with Crippen molar-refractivity contribution in [1.82, 2.24) is 0 Å². The van der Waals surface area contributed by atoms with Gasteiger partial charge in [0.15, 0.2) is 0 Å². The maximum absolute atomic E-state index is 13.4. The summed E-state index contributed by atoms with van der Waals surface area (Å²) >= 11 is 0. The van der Waals surface area contributed by atoms with Gasteiger partial charge in [-0.05, 0) is 43.2 Å². The molecule has 3 N–H and O–H groups in total. The van der Waals surface area contributed by atoms with Gasteiger partial charge in [-0.1, -0.05) is 23.8 Å². The van der Waals surface area contributed by atoms with Crippen LogP contribution in [0, 0.1) is 19.7 Å². The molecule has 2 rings (SSSR count). The third-order valence-corrected chi connectivity index (χ3v) is 3.22. The zero-order valence-electron chi connectivity index (χ0n) is 11.5. The van der Waals surface area contributed by atoms with Crippen LogP contribution in [0.3, 0.4) is 0 Å². The summed E-state index contributed by atoms with van der Waals surface area (Å²) in [7, 11) is 0. The fraction of sp³-hybridized carbons (Fsp3) is 0.188. The van der Waals surface area contributed by atoms with E-state index in [1.54, 1.807) is 6.07 Å². The van der Waals surface area contributed by atoms with Crippen molar-refractivity contribution in [3.63, 3.8) is 0 Å². The quantitative estimate of drug-likeness (QED) is 0.898. The first kappa shape index (κ1) is 14.1. The van der Waals surface area contributed by atoms with Crippen molar-refractivity contribution in [3.05, 3.63) is 64.5 Å². The van der Waals surface area contributed by atoms with Crippen LogP contribution < -0.4 is 11.1 Å². The van der Waals surface area contributed by atoms with Crippen LogP contribution in [0.1, 0.15) is 27.0 Å². The van der Waals surface area contributed by atoms with E-state index in [0.29, 0.717) is 12.2 Å². The van der Waals surface area contributed by atoms with Gasteiger partial charge in [-0.15, -0.1) is 0 Å². The van der Waals surface area contributed by atoms with Crippen LogP contribution in [-0.4, -0.2) is 5.91 Å². The number of anilines is 1. The molecular formula is C16H17FN2O. The summed E-state index contributed by atoms with van der Waals surface area (Å²) in [6, 6.07) is 10.5. The van der Waals surface area contributed by atoms with Crippen LogP contribution in [0.2, 0.25) is 0 Å². The lowest BCUT2D eigenvalue weighted by Crippen LogP contribution is -2.13. The van der Waals surface area contributed by atoms with E-state index in [1.807, 2.05) is 13.8 Å². The number of primary amides is 1. The van der Waals surface area contributed by atoms with E-state index in [4.69, 9.17) is 5.73 Å². The van der Waals surface area contributed by atoms with Crippen molar-refractivity contribution in [2.24, 2.45) is 5.73 Å². The van der Waals surface area contributed by atoms with Crippen molar-refractivity contribution >= 4 is 11.6 Å². The van der Waals surface area contributed by atoms with Crippen LogP contribution in [0.15, 0.2) is 36.4 Å². The van der Waals surface area contributed by atoms with E-state index in [1.165, 1.54) is 23.3 Å². The van der Waals surface area contributed by atoms with Crippen LogP contribution in [0.5, 0.6) is 0 Å². The van der Waals surface area contributed by atoms with E-state index in [-0.39, 0.29) is 5.56 Å². The summed E-state index contributed by atoms with van der Waals surface area (Å²) in [5, 5.41) is 3.18. The number of aryl methyl sites for hydroxylation is 2. The zero-order valence-corrected chi connectivity index (χ0v) is 11.5. The summed E-state index contributed by atoms with van der Waals surface area (Å²) in [6.45, 7) is 4.68. The lowest BCUT2D eigenvalue weighted by atomic mass is 10.1. The molecule has 1 amide bonds. The molecule has 0 aliphatic carbocycles. The van der Waals surface area contributed by atoms with Gasteiger partial charge in [-0.25, -0.2) is 4.39 Å². The average molecular weight is 272 g/mol. The van der Waals surface area contributed by atoms with Crippen molar-refractivity contribution < 1.29 is 9.18 Å². The smallest absolute Gasteiger partial charge is 0.251 e. The second-order valence-electron chi connectivity index (χ2n) is 4.84. The van der Waals surface area contributed by atoms with E-state index >= 15 is 0 Å². The van der Waals surface area contributed by atoms with Gasteiger partial charge in [0.2, 0.25) is 0 Å². The minimum Gasteiger partial charge on any atom is -0.381 e. The van der Waals surface area contributed by atoms with Crippen LogP contribution in [0.4, 0.5) is 10.1 Å². The molecule has 0 bridgehead atoms.